The number of nitrogens with two attached hydrogens (primary N) is 1. The fraction of sp³-hybridized carbons (Fsp3) is 0.423. The molecule has 3 aromatic rings. The summed E-state index contributed by atoms with van der Waals surface area (Å²) in [6, 6.07) is 6.10. The number of carbonyl (C=O) groups excluding carboxylic acids is 1. The van der Waals surface area contributed by atoms with Crippen molar-refractivity contribution in [2.75, 3.05) is 38.6 Å². The van der Waals surface area contributed by atoms with E-state index in [0.29, 0.717) is 27.7 Å². The lowest BCUT2D eigenvalue weighted by molar-refractivity contribution is -0.122. The van der Waals surface area contributed by atoms with Crippen LogP contribution in [0.5, 0.6) is 5.75 Å². The zero-order valence-electron chi connectivity index (χ0n) is 20.1. The zero-order valence-corrected chi connectivity index (χ0v) is 20.9. The van der Waals surface area contributed by atoms with Crippen LogP contribution in [0.15, 0.2) is 36.5 Å². The molecule has 1 saturated heterocycles. The maximum atomic E-state index is 12.2. The summed E-state index contributed by atoms with van der Waals surface area (Å²) in [7, 11) is 1.67. The Balaban J connectivity index is 1.32. The summed E-state index contributed by atoms with van der Waals surface area (Å²) in [6.07, 6.45) is 6.78. The molecule has 3 heterocycles. The van der Waals surface area contributed by atoms with E-state index in [1.807, 2.05) is 6.07 Å². The minimum Gasteiger partial charge on any atom is -0.496 e. The number of rotatable bonds is 7. The van der Waals surface area contributed by atoms with Gasteiger partial charge in [0.1, 0.15) is 17.1 Å². The van der Waals surface area contributed by atoms with Gasteiger partial charge in [-0.15, -0.1) is 0 Å². The number of nitrogens with one attached hydrogen (secondary N) is 3. The molecule has 188 valence electrons. The molecule has 1 amide bonds. The molecule has 1 saturated carbocycles. The number of methoxy groups -OCH3 is 1. The Bertz CT molecular complexity index is 1330. The average Bonchev–Trinajstić information content (AvgIpc) is 3.61. The largest absolute Gasteiger partial charge is 0.496 e. The first-order chi connectivity index (χ1) is 17.5. The molecule has 2 aromatic heterocycles. The molecule has 36 heavy (non-hydrogen) atoms. The molecule has 6 rings (SSSR count). The van der Waals surface area contributed by atoms with Crippen molar-refractivity contribution in [2.45, 2.75) is 19.0 Å². The lowest BCUT2D eigenvalue weighted by atomic mass is 9.88. The maximum absolute atomic E-state index is 12.2. The number of imidazole rings is 1. The van der Waals surface area contributed by atoms with Crippen LogP contribution >= 0.6 is 11.6 Å². The van der Waals surface area contributed by atoms with Crippen molar-refractivity contribution in [3.05, 3.63) is 47.1 Å². The summed E-state index contributed by atoms with van der Waals surface area (Å²) in [5, 5.41) is 7.38. The number of anilines is 1. The van der Waals surface area contributed by atoms with E-state index in [-0.39, 0.29) is 29.7 Å². The second kappa shape index (κ2) is 9.38. The molecule has 5 N–H and O–H groups in total. The topological polar surface area (TPSA) is 121 Å². The molecule has 10 heteroatoms. The first kappa shape index (κ1) is 23.3. The third kappa shape index (κ3) is 4.11. The quantitative estimate of drug-likeness (QED) is 0.363. The van der Waals surface area contributed by atoms with E-state index in [9.17, 15) is 4.79 Å². The van der Waals surface area contributed by atoms with Gasteiger partial charge < -0.3 is 26.1 Å². The summed E-state index contributed by atoms with van der Waals surface area (Å²) in [4.78, 5) is 27.2. The lowest BCUT2D eigenvalue weighted by Gasteiger charge is -2.28. The average molecular weight is 508 g/mol. The standard InChI is InChI=1S/C26H30ClN7O2/c1-36-19-10-14(13-34-8-6-29-7-9-34)2-5-17(19)25-32-23-22(18(27)12-30-26(23)33-25)31-21-16-4-3-15(11-16)20(21)24(28)35/h2-5,10,12,15-16,20-21,29H,6-9,11,13H2,1H3,(H2,28,35)(H2,30,31,32,33)/t15-,16+,20+,21-/m1/s1. The fourth-order valence-corrected chi connectivity index (χ4v) is 6.13. The van der Waals surface area contributed by atoms with Crippen molar-refractivity contribution in [1.82, 2.24) is 25.2 Å². The van der Waals surface area contributed by atoms with E-state index in [2.05, 4.69) is 49.8 Å². The van der Waals surface area contributed by atoms with Gasteiger partial charge in [0.25, 0.3) is 0 Å². The summed E-state index contributed by atoms with van der Waals surface area (Å²) in [5.41, 5.74) is 9.73. The number of nitrogens with zero attached hydrogens (tertiary/aromatic N) is 3. The zero-order chi connectivity index (χ0) is 24.8. The third-order valence-electron chi connectivity index (χ3n) is 7.71. The first-order valence-corrected chi connectivity index (χ1v) is 12.8. The van der Waals surface area contributed by atoms with Crippen LogP contribution < -0.4 is 21.1 Å². The molecule has 1 aromatic carbocycles. The van der Waals surface area contributed by atoms with Crippen LogP contribution in [0, 0.1) is 17.8 Å². The van der Waals surface area contributed by atoms with E-state index >= 15 is 0 Å². The van der Waals surface area contributed by atoms with Gasteiger partial charge in [0.15, 0.2) is 5.65 Å². The molecule has 1 aliphatic heterocycles. The number of H-pyrrole nitrogens is 1. The van der Waals surface area contributed by atoms with Crippen molar-refractivity contribution in [1.29, 1.82) is 0 Å². The van der Waals surface area contributed by atoms with Gasteiger partial charge in [0.05, 0.1) is 35.5 Å². The van der Waals surface area contributed by atoms with Crippen molar-refractivity contribution in [2.24, 2.45) is 23.5 Å². The number of piperazine rings is 1. The smallest absolute Gasteiger partial charge is 0.223 e. The summed E-state index contributed by atoms with van der Waals surface area (Å²) < 4.78 is 5.75. The van der Waals surface area contributed by atoms with Crippen LogP contribution in [0.2, 0.25) is 5.02 Å². The van der Waals surface area contributed by atoms with Gasteiger partial charge in [0, 0.05) is 38.8 Å². The van der Waals surface area contributed by atoms with E-state index in [0.717, 1.165) is 50.5 Å². The molecule has 0 spiro atoms. The Kier molecular flexibility index (Phi) is 6.07. The maximum Gasteiger partial charge on any atom is 0.223 e. The number of hydrogen-bond acceptors (Lipinski definition) is 7. The Hall–Kier alpha value is -3.14. The molecule has 4 atom stereocenters. The predicted molar refractivity (Wildman–Crippen MR) is 140 cm³/mol. The van der Waals surface area contributed by atoms with Crippen LogP contribution in [0.4, 0.5) is 5.69 Å². The molecule has 0 unspecified atom stereocenters. The molecule has 2 aliphatic carbocycles. The summed E-state index contributed by atoms with van der Waals surface area (Å²) in [6.45, 7) is 4.97. The predicted octanol–water partition coefficient (Wildman–Crippen LogP) is 2.78. The van der Waals surface area contributed by atoms with Crippen LogP contribution in [-0.2, 0) is 11.3 Å². The van der Waals surface area contributed by atoms with Crippen molar-refractivity contribution < 1.29 is 9.53 Å². The SMILES string of the molecule is COc1cc(CN2CCNCC2)ccc1-c1nc2ncc(Cl)c(N[C@H]3[C@@H](C(N)=O)[C@@H]4C=C[C@H]3C4)c2[nH]1. The van der Waals surface area contributed by atoms with Gasteiger partial charge in [0.2, 0.25) is 5.91 Å². The second-order valence-corrected chi connectivity index (χ2v) is 10.3. The van der Waals surface area contributed by atoms with E-state index in [4.69, 9.17) is 27.1 Å². The number of primary amides is 1. The highest BCUT2D eigenvalue weighted by atomic mass is 35.5. The number of fused-ring (bicyclic) bond motifs is 3. The number of ether oxygens (including phenoxy) is 1. The second-order valence-electron chi connectivity index (χ2n) is 9.87. The molecule has 3 aliphatic rings. The van der Waals surface area contributed by atoms with Crippen LogP contribution in [0.1, 0.15) is 12.0 Å². The summed E-state index contributed by atoms with van der Waals surface area (Å²) in [5.74, 6) is 1.23. The highest BCUT2D eigenvalue weighted by Crippen LogP contribution is 2.46. The number of pyridine rings is 1. The van der Waals surface area contributed by atoms with Crippen molar-refractivity contribution >= 4 is 34.4 Å². The minimum atomic E-state index is -0.290. The third-order valence-corrected chi connectivity index (χ3v) is 8.00. The molecule has 2 bridgehead atoms. The molecule has 2 fully saturated rings. The highest BCUT2D eigenvalue weighted by molar-refractivity contribution is 6.34. The van der Waals surface area contributed by atoms with Gasteiger partial charge >= 0.3 is 0 Å². The van der Waals surface area contributed by atoms with E-state index in [1.165, 1.54) is 5.56 Å². The van der Waals surface area contributed by atoms with Gasteiger partial charge in [-0.05, 0) is 36.0 Å². The minimum absolute atomic E-state index is 0.119. The Morgan fingerprint density at radius 3 is 2.86 bits per heavy atom. The number of halogens is 1. The highest BCUT2D eigenvalue weighted by Gasteiger charge is 2.47. The molecule has 0 radical (unpaired) electrons. The van der Waals surface area contributed by atoms with Crippen LogP contribution in [0.25, 0.3) is 22.6 Å². The number of aromatic amines is 1. The Morgan fingerprint density at radius 2 is 2.08 bits per heavy atom. The van der Waals surface area contributed by atoms with Gasteiger partial charge in [-0.25, -0.2) is 9.97 Å². The normalized spacial score (nSPS) is 25.5. The van der Waals surface area contributed by atoms with E-state index < -0.39 is 0 Å². The first-order valence-electron chi connectivity index (χ1n) is 12.4. The Morgan fingerprint density at radius 1 is 1.28 bits per heavy atom. The molecule has 9 nitrogen and oxygen atoms in total. The monoisotopic (exact) mass is 507 g/mol. The number of allylic oxidation sites excluding steroid dienone is 1. The fourth-order valence-electron chi connectivity index (χ4n) is 5.93. The number of amides is 1. The van der Waals surface area contributed by atoms with Crippen LogP contribution in [-0.4, -0.2) is 65.1 Å². The van der Waals surface area contributed by atoms with Crippen molar-refractivity contribution in [3.63, 3.8) is 0 Å². The summed E-state index contributed by atoms with van der Waals surface area (Å²) >= 11 is 6.60. The number of hydrogen-bond donors (Lipinski definition) is 4. The molecular formula is C26H30ClN7O2. The van der Waals surface area contributed by atoms with Crippen LogP contribution in [0.3, 0.4) is 0 Å². The van der Waals surface area contributed by atoms with E-state index in [1.54, 1.807) is 13.3 Å². The number of benzene rings is 1. The van der Waals surface area contributed by atoms with Gasteiger partial charge in [-0.3, -0.25) is 9.69 Å². The van der Waals surface area contributed by atoms with Gasteiger partial charge in [-0.2, -0.15) is 0 Å². The van der Waals surface area contributed by atoms with Crippen molar-refractivity contribution in [3.8, 4) is 17.1 Å². The number of aromatic nitrogens is 3. The number of carbonyl (C=O) groups is 1. The Labute approximate surface area is 214 Å². The lowest BCUT2D eigenvalue weighted by Crippen LogP contribution is -2.42. The molecular weight excluding hydrogens is 478 g/mol. The van der Waals surface area contributed by atoms with Gasteiger partial charge in [-0.1, -0.05) is 29.8 Å².